The highest BCUT2D eigenvalue weighted by Gasteiger charge is 2.10. The van der Waals surface area contributed by atoms with E-state index in [-0.39, 0.29) is 5.91 Å². The summed E-state index contributed by atoms with van der Waals surface area (Å²) in [5, 5.41) is 3.51. The number of aryl methyl sites for hydroxylation is 1. The van der Waals surface area contributed by atoms with Gasteiger partial charge in [-0.3, -0.25) is 10.1 Å². The predicted octanol–water partition coefficient (Wildman–Crippen LogP) is 6.64. The molecule has 0 aliphatic carbocycles. The fourth-order valence-electron chi connectivity index (χ4n) is 3.12. The number of hydrogen-bond acceptors (Lipinski definition) is 4. The summed E-state index contributed by atoms with van der Waals surface area (Å²) >= 11 is 1.51. The maximum Gasteiger partial charge on any atom is 0.257 e. The molecule has 1 heterocycles. The molecule has 5 heteroatoms. The van der Waals surface area contributed by atoms with Crippen LogP contribution in [0, 0.1) is 6.92 Å². The van der Waals surface area contributed by atoms with Gasteiger partial charge in [0.15, 0.2) is 5.13 Å². The number of hydrogen-bond donors (Lipinski definition) is 1. The molecular formula is C25H30N2O2S. The average molecular weight is 423 g/mol. The van der Waals surface area contributed by atoms with Gasteiger partial charge >= 0.3 is 0 Å². The summed E-state index contributed by atoms with van der Waals surface area (Å²) < 4.78 is 5.76. The van der Waals surface area contributed by atoms with Crippen LogP contribution in [0.1, 0.15) is 65.4 Å². The fourth-order valence-corrected chi connectivity index (χ4v) is 3.96. The van der Waals surface area contributed by atoms with Crippen molar-refractivity contribution in [2.75, 3.05) is 11.9 Å². The number of carbonyl (C=O) groups excluding carboxylic acids is 1. The molecular weight excluding hydrogens is 392 g/mol. The molecule has 0 atom stereocenters. The van der Waals surface area contributed by atoms with Crippen LogP contribution in [0.15, 0.2) is 54.7 Å². The number of aromatic nitrogens is 1. The molecule has 1 amide bonds. The lowest BCUT2D eigenvalue weighted by Crippen LogP contribution is -2.11. The highest BCUT2D eigenvalue weighted by Crippen LogP contribution is 2.22. The van der Waals surface area contributed by atoms with E-state index in [4.69, 9.17) is 4.74 Å². The molecule has 2 aromatic carbocycles. The average Bonchev–Trinajstić information content (AvgIpc) is 3.19. The number of ether oxygens (including phenoxy) is 1. The van der Waals surface area contributed by atoms with Gasteiger partial charge in [-0.15, -0.1) is 11.3 Å². The van der Waals surface area contributed by atoms with Gasteiger partial charge in [0.05, 0.1) is 6.61 Å². The normalized spacial score (nSPS) is 10.7. The third-order valence-electron chi connectivity index (χ3n) is 4.91. The van der Waals surface area contributed by atoms with Crippen molar-refractivity contribution in [1.29, 1.82) is 0 Å². The van der Waals surface area contributed by atoms with Gasteiger partial charge in [0, 0.05) is 23.1 Å². The second-order valence-electron chi connectivity index (χ2n) is 7.54. The summed E-state index contributed by atoms with van der Waals surface area (Å²) in [6.45, 7) is 5.02. The first-order valence-electron chi connectivity index (χ1n) is 10.7. The van der Waals surface area contributed by atoms with E-state index in [2.05, 4.69) is 48.4 Å². The Morgan fingerprint density at radius 2 is 1.73 bits per heavy atom. The third kappa shape index (κ3) is 6.99. The van der Waals surface area contributed by atoms with E-state index in [9.17, 15) is 4.79 Å². The number of thiazole rings is 1. The lowest BCUT2D eigenvalue weighted by molar-refractivity contribution is 0.102. The fraction of sp³-hybridized carbons (Fsp3) is 0.360. The highest BCUT2D eigenvalue weighted by atomic mass is 32.1. The van der Waals surface area contributed by atoms with E-state index in [1.54, 1.807) is 12.1 Å². The van der Waals surface area contributed by atoms with Crippen LogP contribution in [0.4, 0.5) is 5.13 Å². The molecule has 0 saturated heterocycles. The van der Waals surface area contributed by atoms with E-state index < -0.39 is 0 Å². The predicted molar refractivity (Wildman–Crippen MR) is 125 cm³/mol. The first-order chi connectivity index (χ1) is 14.6. The minimum atomic E-state index is -0.155. The quantitative estimate of drug-likeness (QED) is 0.352. The van der Waals surface area contributed by atoms with Gasteiger partial charge in [0.1, 0.15) is 5.75 Å². The molecule has 0 spiro atoms. The number of amides is 1. The van der Waals surface area contributed by atoms with E-state index in [1.165, 1.54) is 48.1 Å². The minimum absolute atomic E-state index is 0.155. The molecule has 0 saturated carbocycles. The number of nitrogens with one attached hydrogen (secondary N) is 1. The van der Waals surface area contributed by atoms with E-state index in [1.807, 2.05) is 18.3 Å². The minimum Gasteiger partial charge on any atom is -0.494 e. The number of rotatable bonds is 11. The molecule has 1 N–H and O–H groups in total. The Labute approximate surface area is 183 Å². The maximum absolute atomic E-state index is 12.5. The Hall–Kier alpha value is -2.66. The van der Waals surface area contributed by atoms with Crippen LogP contribution in [0.2, 0.25) is 0 Å². The highest BCUT2D eigenvalue weighted by molar-refractivity contribution is 7.15. The molecule has 0 aliphatic rings. The number of anilines is 1. The summed E-state index contributed by atoms with van der Waals surface area (Å²) in [6.07, 6.45) is 8.72. The first-order valence-corrected chi connectivity index (χ1v) is 11.5. The number of benzene rings is 2. The lowest BCUT2D eigenvalue weighted by atomic mass is 10.1. The molecule has 3 rings (SSSR count). The van der Waals surface area contributed by atoms with Crippen molar-refractivity contribution in [2.24, 2.45) is 0 Å². The molecule has 0 fully saturated rings. The standard InChI is InChI=1S/C25H30N2O2S/c1-3-4-5-6-7-16-29-22-14-12-21(13-15-22)24(28)27-25-26-18-23(30-25)17-20-10-8-19(2)9-11-20/h8-15,18H,3-7,16-17H2,1-2H3,(H,26,27,28). The van der Waals surface area contributed by atoms with Crippen LogP contribution in [-0.2, 0) is 6.42 Å². The van der Waals surface area contributed by atoms with Crippen LogP contribution >= 0.6 is 11.3 Å². The number of nitrogens with zero attached hydrogens (tertiary/aromatic N) is 1. The summed E-state index contributed by atoms with van der Waals surface area (Å²) in [4.78, 5) is 18.0. The summed E-state index contributed by atoms with van der Waals surface area (Å²) in [7, 11) is 0. The van der Waals surface area contributed by atoms with Crippen molar-refractivity contribution in [2.45, 2.75) is 52.4 Å². The van der Waals surface area contributed by atoms with Crippen LogP contribution < -0.4 is 10.1 Å². The number of unbranched alkanes of at least 4 members (excludes halogenated alkanes) is 4. The zero-order valence-corrected chi connectivity index (χ0v) is 18.6. The topological polar surface area (TPSA) is 51.2 Å². The molecule has 0 bridgehead atoms. The Kier molecular flexibility index (Phi) is 8.45. The summed E-state index contributed by atoms with van der Waals surface area (Å²) in [5.74, 6) is 0.647. The van der Waals surface area contributed by atoms with Crippen LogP contribution in [-0.4, -0.2) is 17.5 Å². The number of carbonyl (C=O) groups is 1. The van der Waals surface area contributed by atoms with Crippen LogP contribution in [0.3, 0.4) is 0 Å². The molecule has 0 radical (unpaired) electrons. The Bertz CT molecular complexity index is 917. The molecule has 4 nitrogen and oxygen atoms in total. The molecule has 3 aromatic rings. The molecule has 158 valence electrons. The molecule has 0 aliphatic heterocycles. The van der Waals surface area contributed by atoms with Crippen LogP contribution in [0.25, 0.3) is 0 Å². The second-order valence-corrected chi connectivity index (χ2v) is 8.65. The van der Waals surface area contributed by atoms with Crippen LogP contribution in [0.5, 0.6) is 5.75 Å². The molecule has 1 aromatic heterocycles. The van der Waals surface area contributed by atoms with Crippen molar-refractivity contribution in [1.82, 2.24) is 4.98 Å². The Morgan fingerprint density at radius 1 is 1.00 bits per heavy atom. The summed E-state index contributed by atoms with van der Waals surface area (Å²) in [6, 6.07) is 15.8. The largest absolute Gasteiger partial charge is 0.494 e. The van der Waals surface area contributed by atoms with Gasteiger partial charge in [-0.25, -0.2) is 4.98 Å². The van der Waals surface area contributed by atoms with Crippen molar-refractivity contribution in [3.8, 4) is 5.75 Å². The smallest absolute Gasteiger partial charge is 0.257 e. The zero-order valence-electron chi connectivity index (χ0n) is 17.8. The Morgan fingerprint density at radius 3 is 2.47 bits per heavy atom. The molecule has 0 unspecified atom stereocenters. The third-order valence-corrected chi connectivity index (χ3v) is 5.82. The SMILES string of the molecule is CCCCCCCOc1ccc(C(=O)Nc2ncc(Cc3ccc(C)cc3)s2)cc1. The first kappa shape index (κ1) is 22.0. The second kappa shape index (κ2) is 11.5. The van der Waals surface area contributed by atoms with Gasteiger partial charge in [0.25, 0.3) is 5.91 Å². The Balaban J connectivity index is 1.46. The van der Waals surface area contributed by atoms with Gasteiger partial charge in [-0.1, -0.05) is 62.4 Å². The van der Waals surface area contributed by atoms with Crippen molar-refractivity contribution < 1.29 is 9.53 Å². The monoisotopic (exact) mass is 422 g/mol. The van der Waals surface area contributed by atoms with Crippen molar-refractivity contribution in [3.63, 3.8) is 0 Å². The van der Waals surface area contributed by atoms with Gasteiger partial charge in [-0.2, -0.15) is 0 Å². The molecule has 30 heavy (non-hydrogen) atoms. The van der Waals surface area contributed by atoms with Crippen molar-refractivity contribution >= 4 is 22.4 Å². The maximum atomic E-state index is 12.5. The van der Waals surface area contributed by atoms with Gasteiger partial charge in [-0.05, 0) is 43.2 Å². The lowest BCUT2D eigenvalue weighted by Gasteiger charge is -2.07. The van der Waals surface area contributed by atoms with Gasteiger partial charge in [0.2, 0.25) is 0 Å². The van der Waals surface area contributed by atoms with E-state index >= 15 is 0 Å². The van der Waals surface area contributed by atoms with Gasteiger partial charge < -0.3 is 4.74 Å². The summed E-state index contributed by atoms with van der Waals surface area (Å²) in [5.41, 5.74) is 3.09. The van der Waals surface area contributed by atoms with Crippen molar-refractivity contribution in [3.05, 3.63) is 76.3 Å². The van der Waals surface area contributed by atoms with E-state index in [0.717, 1.165) is 30.1 Å². The van der Waals surface area contributed by atoms with E-state index in [0.29, 0.717) is 10.7 Å². The zero-order chi connectivity index (χ0) is 21.2.